The molecular formula is C14H23N5O. The molecule has 1 aromatic rings. The molecule has 6 heteroatoms. The zero-order valence-corrected chi connectivity index (χ0v) is 12.5. The molecule has 1 atom stereocenters. The monoisotopic (exact) mass is 277 g/mol. The van der Waals surface area contributed by atoms with Gasteiger partial charge in [-0.05, 0) is 25.2 Å². The molecule has 2 aliphatic rings. The van der Waals surface area contributed by atoms with E-state index in [4.69, 9.17) is 0 Å². The first-order chi connectivity index (χ1) is 9.58. The molecule has 1 aromatic heterocycles. The number of rotatable bonds is 4. The Hall–Kier alpha value is -1.59. The molecule has 1 unspecified atom stereocenters. The van der Waals surface area contributed by atoms with E-state index in [9.17, 15) is 4.79 Å². The van der Waals surface area contributed by atoms with Crippen molar-refractivity contribution in [3.8, 4) is 0 Å². The van der Waals surface area contributed by atoms with Gasteiger partial charge in [0, 0.05) is 26.1 Å². The number of hydrogen-bond donors (Lipinski definition) is 1. The summed E-state index contributed by atoms with van der Waals surface area (Å²) in [6.07, 6.45) is 4.36. The maximum Gasteiger partial charge on any atom is 0.317 e. The van der Waals surface area contributed by atoms with E-state index in [0.717, 1.165) is 43.9 Å². The Kier molecular flexibility index (Phi) is 3.40. The largest absolute Gasteiger partial charge is 0.328 e. The van der Waals surface area contributed by atoms with Crippen molar-refractivity contribution in [2.24, 2.45) is 5.92 Å². The van der Waals surface area contributed by atoms with Crippen molar-refractivity contribution in [1.82, 2.24) is 25.0 Å². The number of carbonyl (C=O) groups is 1. The van der Waals surface area contributed by atoms with Crippen LogP contribution in [-0.2, 0) is 13.0 Å². The van der Waals surface area contributed by atoms with Gasteiger partial charge in [-0.1, -0.05) is 13.8 Å². The van der Waals surface area contributed by atoms with Crippen LogP contribution in [0.25, 0.3) is 0 Å². The fourth-order valence-corrected chi connectivity index (χ4v) is 2.79. The van der Waals surface area contributed by atoms with Crippen LogP contribution in [-0.4, -0.2) is 38.8 Å². The van der Waals surface area contributed by atoms with Crippen molar-refractivity contribution in [1.29, 1.82) is 0 Å². The van der Waals surface area contributed by atoms with E-state index in [1.807, 2.05) is 11.9 Å². The molecule has 20 heavy (non-hydrogen) atoms. The van der Waals surface area contributed by atoms with Gasteiger partial charge in [-0.3, -0.25) is 0 Å². The van der Waals surface area contributed by atoms with Crippen molar-refractivity contribution >= 4 is 6.03 Å². The van der Waals surface area contributed by atoms with Gasteiger partial charge in [0.2, 0.25) is 0 Å². The Morgan fingerprint density at radius 2 is 2.15 bits per heavy atom. The van der Waals surface area contributed by atoms with Crippen molar-refractivity contribution in [3.05, 3.63) is 11.6 Å². The number of aryl methyl sites for hydroxylation is 1. The normalized spacial score (nSPS) is 19.0. The second-order valence-corrected chi connectivity index (χ2v) is 6.24. The Morgan fingerprint density at radius 3 is 2.80 bits per heavy atom. The molecule has 1 N–H and O–H groups in total. The van der Waals surface area contributed by atoms with Gasteiger partial charge in [0.25, 0.3) is 0 Å². The van der Waals surface area contributed by atoms with Crippen molar-refractivity contribution in [2.75, 3.05) is 7.05 Å². The summed E-state index contributed by atoms with van der Waals surface area (Å²) in [5, 5.41) is 11.7. The number of hydrogen-bond acceptors (Lipinski definition) is 3. The minimum Gasteiger partial charge on any atom is -0.328 e. The molecule has 1 aliphatic heterocycles. The smallest absolute Gasteiger partial charge is 0.317 e. The van der Waals surface area contributed by atoms with Crippen molar-refractivity contribution < 1.29 is 4.79 Å². The van der Waals surface area contributed by atoms with Crippen LogP contribution in [0.3, 0.4) is 0 Å². The molecule has 1 saturated carbocycles. The lowest BCUT2D eigenvalue weighted by atomic mass is 10.0. The van der Waals surface area contributed by atoms with Crippen LogP contribution in [0.15, 0.2) is 0 Å². The Morgan fingerprint density at radius 1 is 1.40 bits per heavy atom. The van der Waals surface area contributed by atoms with Gasteiger partial charge in [0.15, 0.2) is 5.82 Å². The molecule has 0 aromatic carbocycles. The predicted octanol–water partition coefficient (Wildman–Crippen LogP) is 1.73. The highest BCUT2D eigenvalue weighted by Crippen LogP contribution is 2.28. The molecule has 0 bridgehead atoms. The molecule has 1 fully saturated rings. The van der Waals surface area contributed by atoms with E-state index < -0.39 is 0 Å². The molecule has 6 nitrogen and oxygen atoms in total. The molecule has 1 aliphatic carbocycles. The van der Waals surface area contributed by atoms with Gasteiger partial charge in [0.05, 0.1) is 6.04 Å². The first-order valence-electron chi connectivity index (χ1n) is 7.53. The lowest BCUT2D eigenvalue weighted by Crippen LogP contribution is -2.42. The van der Waals surface area contributed by atoms with E-state index in [1.165, 1.54) is 0 Å². The summed E-state index contributed by atoms with van der Waals surface area (Å²) in [6.45, 7) is 5.19. The van der Waals surface area contributed by atoms with Crippen LogP contribution in [0.1, 0.15) is 50.8 Å². The number of urea groups is 1. The maximum atomic E-state index is 12.3. The fourth-order valence-electron chi connectivity index (χ4n) is 2.79. The first-order valence-corrected chi connectivity index (χ1v) is 7.53. The van der Waals surface area contributed by atoms with E-state index in [2.05, 4.69) is 33.9 Å². The van der Waals surface area contributed by atoms with E-state index in [1.54, 1.807) is 0 Å². The predicted molar refractivity (Wildman–Crippen MR) is 75.2 cm³/mol. The summed E-state index contributed by atoms with van der Waals surface area (Å²) in [5.74, 6) is 2.25. The van der Waals surface area contributed by atoms with Crippen LogP contribution >= 0.6 is 0 Å². The average Bonchev–Trinajstić information content (AvgIpc) is 3.02. The number of amides is 2. The second-order valence-electron chi connectivity index (χ2n) is 6.24. The maximum absolute atomic E-state index is 12.3. The first kappa shape index (κ1) is 13.4. The van der Waals surface area contributed by atoms with Gasteiger partial charge in [0.1, 0.15) is 5.82 Å². The lowest BCUT2D eigenvalue weighted by Gasteiger charge is -2.25. The Balaban J connectivity index is 1.76. The van der Waals surface area contributed by atoms with E-state index >= 15 is 0 Å². The highest BCUT2D eigenvalue weighted by atomic mass is 16.2. The van der Waals surface area contributed by atoms with Crippen LogP contribution < -0.4 is 5.32 Å². The third kappa shape index (κ3) is 2.39. The van der Waals surface area contributed by atoms with Crippen LogP contribution in [0.4, 0.5) is 4.79 Å². The molecule has 2 amide bonds. The summed E-state index contributed by atoms with van der Waals surface area (Å²) in [5.41, 5.74) is 0. The topological polar surface area (TPSA) is 63.1 Å². The summed E-state index contributed by atoms with van der Waals surface area (Å²) in [4.78, 5) is 14.1. The minimum absolute atomic E-state index is 0.00143. The van der Waals surface area contributed by atoms with Gasteiger partial charge < -0.3 is 14.8 Å². The third-order valence-corrected chi connectivity index (χ3v) is 4.28. The standard InChI is InChI=1S/C14H23N5O/c1-9(2)12(15-14(20)18(3)10-6-7-10)13-17-16-11-5-4-8-19(11)13/h9-10,12H,4-8H2,1-3H3,(H,15,20). The fraction of sp³-hybridized carbons (Fsp3) is 0.786. The number of nitrogens with one attached hydrogen (secondary N) is 1. The summed E-state index contributed by atoms with van der Waals surface area (Å²) in [7, 11) is 1.87. The quantitative estimate of drug-likeness (QED) is 0.911. The Labute approximate surface area is 119 Å². The number of carbonyl (C=O) groups excluding carboxylic acids is 1. The molecule has 0 spiro atoms. The number of nitrogens with zero attached hydrogens (tertiary/aromatic N) is 4. The molecule has 0 radical (unpaired) electrons. The molecular weight excluding hydrogens is 254 g/mol. The highest BCUT2D eigenvalue weighted by molar-refractivity contribution is 5.75. The second kappa shape index (κ2) is 5.07. The summed E-state index contributed by atoms with van der Waals surface area (Å²) in [6, 6.07) is 0.358. The van der Waals surface area contributed by atoms with E-state index in [0.29, 0.717) is 12.0 Å². The molecule has 3 rings (SSSR count). The van der Waals surface area contributed by atoms with Crippen LogP contribution in [0.2, 0.25) is 0 Å². The van der Waals surface area contributed by atoms with Gasteiger partial charge >= 0.3 is 6.03 Å². The number of aromatic nitrogens is 3. The van der Waals surface area contributed by atoms with Gasteiger partial charge in [-0.2, -0.15) is 0 Å². The summed E-state index contributed by atoms with van der Waals surface area (Å²) < 4.78 is 2.17. The SMILES string of the molecule is CC(C)C(NC(=O)N(C)C1CC1)c1nnc2n1CCC2. The average molecular weight is 277 g/mol. The molecule has 2 heterocycles. The lowest BCUT2D eigenvalue weighted by molar-refractivity contribution is 0.197. The molecule has 110 valence electrons. The minimum atomic E-state index is -0.0666. The van der Waals surface area contributed by atoms with Crippen molar-refractivity contribution in [3.63, 3.8) is 0 Å². The van der Waals surface area contributed by atoms with Gasteiger partial charge in [-0.15, -0.1) is 10.2 Å². The zero-order chi connectivity index (χ0) is 14.3. The highest BCUT2D eigenvalue weighted by Gasteiger charge is 2.33. The van der Waals surface area contributed by atoms with Crippen molar-refractivity contribution in [2.45, 2.75) is 58.2 Å². The number of fused-ring (bicyclic) bond motifs is 1. The van der Waals surface area contributed by atoms with Crippen LogP contribution in [0, 0.1) is 5.92 Å². The molecule has 0 saturated heterocycles. The van der Waals surface area contributed by atoms with Crippen LogP contribution in [0.5, 0.6) is 0 Å². The third-order valence-electron chi connectivity index (χ3n) is 4.28. The summed E-state index contributed by atoms with van der Waals surface area (Å²) >= 11 is 0. The van der Waals surface area contributed by atoms with Gasteiger partial charge in [-0.25, -0.2) is 4.79 Å². The zero-order valence-electron chi connectivity index (χ0n) is 12.5. The van der Waals surface area contributed by atoms with E-state index in [-0.39, 0.29) is 12.1 Å². The Bertz CT molecular complexity index is 506.